The molecule has 1 rings (SSSR count). The maximum atomic E-state index is 11.8. The van der Waals surface area contributed by atoms with Crippen LogP contribution in [0.3, 0.4) is 0 Å². The van der Waals surface area contributed by atoms with E-state index in [9.17, 15) is 13.0 Å². The third-order valence-electron chi connectivity index (χ3n) is 4.94. The molecule has 138 valence electrons. The van der Waals surface area contributed by atoms with Crippen molar-refractivity contribution >= 4 is 10.1 Å². The molecule has 0 bridgehead atoms. The molecule has 0 amide bonds. The molecule has 0 aliphatic rings. The second-order valence-electron chi connectivity index (χ2n) is 6.98. The standard InChI is InChI=1S/C20H34O3S.Na/c1-3-4-5-6-7-8-9-10-11-15-18-20(2,24(21,22)23)19-16-13-12-14-17-19;/h12-14,16-17H,3-11,15,18H2,1-2H3,(H,21,22,23);/q;+1/p-1. The summed E-state index contributed by atoms with van der Waals surface area (Å²) < 4.78 is 34.1. The molecule has 0 saturated carbocycles. The molecule has 1 aromatic carbocycles. The van der Waals surface area contributed by atoms with Crippen LogP contribution in [0.25, 0.3) is 0 Å². The van der Waals surface area contributed by atoms with Crippen molar-refractivity contribution in [3.05, 3.63) is 35.9 Å². The minimum absolute atomic E-state index is 0. The summed E-state index contributed by atoms with van der Waals surface area (Å²) in [5.74, 6) is 0. The molecule has 25 heavy (non-hydrogen) atoms. The van der Waals surface area contributed by atoms with Gasteiger partial charge in [0.1, 0.15) is 10.1 Å². The Kier molecular flexibility index (Phi) is 13.4. The Balaban J connectivity index is 0.00000576. The molecule has 0 spiro atoms. The molecule has 1 atom stereocenters. The van der Waals surface area contributed by atoms with Crippen LogP contribution < -0.4 is 29.6 Å². The molecule has 0 fully saturated rings. The third kappa shape index (κ3) is 9.05. The molecule has 0 radical (unpaired) electrons. The molecule has 5 heteroatoms. The zero-order valence-electron chi connectivity index (χ0n) is 16.3. The minimum atomic E-state index is -4.38. The van der Waals surface area contributed by atoms with Gasteiger partial charge in [-0.25, -0.2) is 8.42 Å². The van der Waals surface area contributed by atoms with E-state index in [2.05, 4.69) is 6.92 Å². The van der Waals surface area contributed by atoms with Crippen molar-refractivity contribution in [2.24, 2.45) is 0 Å². The van der Waals surface area contributed by atoms with Gasteiger partial charge in [-0.05, 0) is 18.9 Å². The molecular formula is C20H33NaO3S. The van der Waals surface area contributed by atoms with Crippen molar-refractivity contribution in [1.29, 1.82) is 0 Å². The Labute approximate surface area is 177 Å². The average molecular weight is 377 g/mol. The van der Waals surface area contributed by atoms with Crippen LogP contribution in [0.15, 0.2) is 30.3 Å². The maximum Gasteiger partial charge on any atom is 1.00 e. The van der Waals surface area contributed by atoms with Crippen LogP contribution in [0.1, 0.15) is 90.0 Å². The first kappa shape index (κ1) is 25.1. The Morgan fingerprint density at radius 3 is 1.72 bits per heavy atom. The topological polar surface area (TPSA) is 57.2 Å². The Morgan fingerprint density at radius 1 is 0.840 bits per heavy atom. The second kappa shape index (κ2) is 13.3. The van der Waals surface area contributed by atoms with Gasteiger partial charge in [0.25, 0.3) is 0 Å². The molecule has 0 N–H and O–H groups in total. The van der Waals surface area contributed by atoms with Crippen molar-refractivity contribution in [2.75, 3.05) is 0 Å². The van der Waals surface area contributed by atoms with E-state index in [1.807, 2.05) is 6.07 Å². The summed E-state index contributed by atoms with van der Waals surface area (Å²) >= 11 is 0. The fourth-order valence-electron chi connectivity index (χ4n) is 3.15. The zero-order chi connectivity index (χ0) is 17.9. The summed E-state index contributed by atoms with van der Waals surface area (Å²) in [7, 11) is -4.38. The van der Waals surface area contributed by atoms with E-state index in [1.165, 1.54) is 44.9 Å². The summed E-state index contributed by atoms with van der Waals surface area (Å²) in [5, 5.41) is 0. The Hall–Kier alpha value is 0.130. The smallest absolute Gasteiger partial charge is 0.747 e. The molecule has 0 saturated heterocycles. The normalized spacial score (nSPS) is 13.9. The van der Waals surface area contributed by atoms with Crippen LogP contribution in [-0.4, -0.2) is 13.0 Å². The Morgan fingerprint density at radius 2 is 1.28 bits per heavy atom. The van der Waals surface area contributed by atoms with Gasteiger partial charge in [0.15, 0.2) is 0 Å². The van der Waals surface area contributed by atoms with Crippen molar-refractivity contribution in [1.82, 2.24) is 0 Å². The van der Waals surface area contributed by atoms with Gasteiger partial charge in [0.2, 0.25) is 0 Å². The molecule has 0 heterocycles. The second-order valence-corrected chi connectivity index (χ2v) is 8.79. The van der Waals surface area contributed by atoms with E-state index < -0.39 is 14.9 Å². The van der Waals surface area contributed by atoms with Gasteiger partial charge in [0, 0.05) is 0 Å². The average Bonchev–Trinajstić information content (AvgIpc) is 2.56. The molecule has 3 nitrogen and oxygen atoms in total. The molecular weight excluding hydrogens is 343 g/mol. The molecule has 0 aliphatic carbocycles. The van der Waals surface area contributed by atoms with E-state index in [4.69, 9.17) is 0 Å². The molecule has 1 unspecified atom stereocenters. The number of unbranched alkanes of at least 4 members (excludes halogenated alkanes) is 9. The molecule has 0 aliphatic heterocycles. The summed E-state index contributed by atoms with van der Waals surface area (Å²) in [6.45, 7) is 3.80. The fraction of sp³-hybridized carbons (Fsp3) is 0.700. The van der Waals surface area contributed by atoms with Crippen LogP contribution in [0.2, 0.25) is 0 Å². The van der Waals surface area contributed by atoms with Gasteiger partial charge in [-0.3, -0.25) is 0 Å². The van der Waals surface area contributed by atoms with Crippen LogP contribution in [-0.2, 0) is 14.9 Å². The van der Waals surface area contributed by atoms with Crippen molar-refractivity contribution in [3.8, 4) is 0 Å². The van der Waals surface area contributed by atoms with Gasteiger partial charge in [-0.15, -0.1) is 0 Å². The minimum Gasteiger partial charge on any atom is -0.747 e. The summed E-state index contributed by atoms with van der Waals surface area (Å²) in [6.07, 6.45) is 12.4. The van der Waals surface area contributed by atoms with Gasteiger partial charge in [0.05, 0.1) is 4.75 Å². The van der Waals surface area contributed by atoms with E-state index in [0.717, 1.165) is 19.3 Å². The monoisotopic (exact) mass is 376 g/mol. The predicted molar refractivity (Wildman–Crippen MR) is 100.0 cm³/mol. The molecule has 1 aromatic rings. The first-order valence-electron chi connectivity index (χ1n) is 9.43. The quantitative estimate of drug-likeness (QED) is 0.302. The fourth-order valence-corrected chi connectivity index (χ4v) is 3.97. The maximum absolute atomic E-state index is 11.8. The SMILES string of the molecule is CCCCCCCCCCCCC(C)(c1ccccc1)S(=O)(=O)[O-].[Na+]. The number of rotatable bonds is 13. The van der Waals surface area contributed by atoms with Crippen molar-refractivity contribution in [3.63, 3.8) is 0 Å². The van der Waals surface area contributed by atoms with E-state index >= 15 is 0 Å². The number of benzene rings is 1. The van der Waals surface area contributed by atoms with Gasteiger partial charge < -0.3 is 4.55 Å². The van der Waals surface area contributed by atoms with E-state index in [1.54, 1.807) is 31.2 Å². The third-order valence-corrected chi connectivity index (χ3v) is 6.49. The van der Waals surface area contributed by atoms with Crippen LogP contribution in [0.4, 0.5) is 0 Å². The van der Waals surface area contributed by atoms with E-state index in [0.29, 0.717) is 12.0 Å². The van der Waals surface area contributed by atoms with Gasteiger partial charge in [-0.1, -0.05) is 101 Å². The largest absolute Gasteiger partial charge is 1.00 e. The van der Waals surface area contributed by atoms with E-state index in [-0.39, 0.29) is 29.6 Å². The van der Waals surface area contributed by atoms with Crippen LogP contribution in [0.5, 0.6) is 0 Å². The van der Waals surface area contributed by atoms with Gasteiger partial charge in [-0.2, -0.15) is 0 Å². The molecule has 0 aromatic heterocycles. The Bertz CT molecular complexity index is 545. The van der Waals surface area contributed by atoms with Crippen LogP contribution in [0, 0.1) is 0 Å². The predicted octanol–water partition coefficient (Wildman–Crippen LogP) is 2.76. The number of hydrogen-bond acceptors (Lipinski definition) is 3. The van der Waals surface area contributed by atoms with Crippen LogP contribution >= 0.6 is 0 Å². The van der Waals surface area contributed by atoms with Gasteiger partial charge >= 0.3 is 29.6 Å². The summed E-state index contributed by atoms with van der Waals surface area (Å²) in [6, 6.07) is 8.90. The van der Waals surface area contributed by atoms with Crippen molar-refractivity contribution < 1.29 is 42.5 Å². The van der Waals surface area contributed by atoms with Crippen molar-refractivity contribution in [2.45, 2.75) is 89.2 Å². The first-order valence-corrected chi connectivity index (χ1v) is 10.8. The summed E-state index contributed by atoms with van der Waals surface area (Å²) in [5.41, 5.74) is 0.607. The summed E-state index contributed by atoms with van der Waals surface area (Å²) in [4.78, 5) is 0. The zero-order valence-corrected chi connectivity index (χ0v) is 19.1. The first-order chi connectivity index (χ1) is 11.4. The number of hydrogen-bond donors (Lipinski definition) is 0.